The summed E-state index contributed by atoms with van der Waals surface area (Å²) in [7, 11) is 0. The number of benzene rings is 1. The van der Waals surface area contributed by atoms with Gasteiger partial charge in [0.1, 0.15) is 11.5 Å². The molecule has 0 aromatic heterocycles. The van der Waals surface area contributed by atoms with Crippen molar-refractivity contribution in [2.75, 3.05) is 6.61 Å². The number of hydrogen-bond donors (Lipinski definition) is 2. The zero-order valence-electron chi connectivity index (χ0n) is 10.1. The number of carbonyl (C=O) groups excluding carboxylic acids is 1. The zero-order valence-corrected chi connectivity index (χ0v) is 10.1. The molecule has 94 valence electrons. The van der Waals surface area contributed by atoms with E-state index in [4.69, 9.17) is 9.84 Å². The van der Waals surface area contributed by atoms with E-state index < -0.39 is 0 Å². The first-order valence-corrected chi connectivity index (χ1v) is 5.84. The summed E-state index contributed by atoms with van der Waals surface area (Å²) in [5, 5.41) is 18.6. The number of hydrogen-bond acceptors (Lipinski definition) is 4. The molecule has 4 nitrogen and oxygen atoms in total. The van der Waals surface area contributed by atoms with Crippen molar-refractivity contribution in [2.24, 2.45) is 5.92 Å². The van der Waals surface area contributed by atoms with Gasteiger partial charge in [0.2, 0.25) is 0 Å². The van der Waals surface area contributed by atoms with E-state index in [1.165, 1.54) is 12.1 Å². The molecule has 0 saturated carbocycles. The Bertz CT molecular complexity index is 387. The molecule has 2 N–H and O–H groups in total. The van der Waals surface area contributed by atoms with Gasteiger partial charge in [0.15, 0.2) is 0 Å². The highest BCUT2D eigenvalue weighted by molar-refractivity contribution is 5.74. The van der Waals surface area contributed by atoms with E-state index in [9.17, 15) is 9.90 Å². The topological polar surface area (TPSA) is 66.8 Å². The van der Waals surface area contributed by atoms with E-state index in [1.54, 1.807) is 6.07 Å². The van der Waals surface area contributed by atoms with E-state index in [-0.39, 0.29) is 23.4 Å². The molecular weight excluding hydrogens is 220 g/mol. The minimum absolute atomic E-state index is 0.0187. The average molecular weight is 238 g/mol. The van der Waals surface area contributed by atoms with Gasteiger partial charge in [-0.15, -0.1) is 0 Å². The molecule has 0 bridgehead atoms. The summed E-state index contributed by atoms with van der Waals surface area (Å²) in [6, 6.07) is 4.39. The number of rotatable bonds is 2. The SMILES string of the molecule is CC.O=C1OCCC1Cc1ccc(O)cc1O. The molecule has 1 aliphatic rings. The molecule has 1 unspecified atom stereocenters. The van der Waals surface area contributed by atoms with Crippen molar-refractivity contribution < 1.29 is 19.7 Å². The van der Waals surface area contributed by atoms with Gasteiger partial charge >= 0.3 is 5.97 Å². The van der Waals surface area contributed by atoms with Crippen LogP contribution in [-0.4, -0.2) is 22.8 Å². The lowest BCUT2D eigenvalue weighted by atomic mass is 9.97. The third kappa shape index (κ3) is 3.37. The Balaban J connectivity index is 0.000000686. The highest BCUT2D eigenvalue weighted by Crippen LogP contribution is 2.27. The van der Waals surface area contributed by atoms with Crippen LogP contribution < -0.4 is 0 Å². The second-order valence-corrected chi connectivity index (χ2v) is 3.67. The second kappa shape index (κ2) is 6.13. The quantitative estimate of drug-likeness (QED) is 0.775. The summed E-state index contributed by atoms with van der Waals surface area (Å²) in [6.07, 6.45) is 1.16. The highest BCUT2D eigenvalue weighted by atomic mass is 16.5. The summed E-state index contributed by atoms with van der Waals surface area (Å²) in [4.78, 5) is 11.2. The van der Waals surface area contributed by atoms with E-state index in [0.29, 0.717) is 25.0 Å². The molecule has 17 heavy (non-hydrogen) atoms. The van der Waals surface area contributed by atoms with Crippen LogP contribution in [0.2, 0.25) is 0 Å². The molecule has 1 aliphatic heterocycles. The predicted molar refractivity (Wildman–Crippen MR) is 63.9 cm³/mol. The van der Waals surface area contributed by atoms with Crippen LogP contribution in [0.15, 0.2) is 18.2 Å². The fourth-order valence-corrected chi connectivity index (χ4v) is 1.71. The Morgan fingerprint density at radius 3 is 2.59 bits per heavy atom. The molecule has 0 spiro atoms. The van der Waals surface area contributed by atoms with Crippen LogP contribution in [0.5, 0.6) is 11.5 Å². The number of carbonyl (C=O) groups is 1. The lowest BCUT2D eigenvalue weighted by Crippen LogP contribution is -2.10. The van der Waals surface area contributed by atoms with E-state index in [2.05, 4.69) is 0 Å². The standard InChI is InChI=1S/C11H12O4.C2H6/c12-9-2-1-7(10(13)6-9)5-8-3-4-15-11(8)14;1-2/h1-2,6,8,12-13H,3-5H2;1-2H3. The zero-order chi connectivity index (χ0) is 12.8. The average Bonchev–Trinajstić information content (AvgIpc) is 2.71. The molecule has 1 heterocycles. The summed E-state index contributed by atoms with van der Waals surface area (Å²) in [5.41, 5.74) is 0.664. The minimum Gasteiger partial charge on any atom is -0.508 e. The Hall–Kier alpha value is -1.71. The summed E-state index contributed by atoms with van der Waals surface area (Å²) in [5.74, 6) is -0.331. The first kappa shape index (κ1) is 13.4. The molecule has 1 atom stereocenters. The van der Waals surface area contributed by atoms with Gasteiger partial charge in [0, 0.05) is 6.07 Å². The molecule has 1 saturated heterocycles. The normalized spacial score (nSPS) is 18.2. The van der Waals surface area contributed by atoms with Crippen LogP contribution in [0, 0.1) is 5.92 Å². The van der Waals surface area contributed by atoms with Crippen molar-refractivity contribution in [2.45, 2.75) is 26.7 Å². The van der Waals surface area contributed by atoms with Crippen LogP contribution in [0.25, 0.3) is 0 Å². The van der Waals surface area contributed by atoms with E-state index in [1.807, 2.05) is 13.8 Å². The van der Waals surface area contributed by atoms with Gasteiger partial charge in [-0.25, -0.2) is 0 Å². The molecule has 1 fully saturated rings. The van der Waals surface area contributed by atoms with Crippen LogP contribution in [0.3, 0.4) is 0 Å². The maximum atomic E-state index is 11.2. The molecule has 0 amide bonds. The summed E-state index contributed by atoms with van der Waals surface area (Å²) >= 11 is 0. The Labute approximate surface area is 101 Å². The van der Waals surface area contributed by atoms with Gasteiger partial charge in [-0.1, -0.05) is 19.9 Å². The van der Waals surface area contributed by atoms with Crippen LogP contribution >= 0.6 is 0 Å². The summed E-state index contributed by atoms with van der Waals surface area (Å²) in [6.45, 7) is 4.46. The molecule has 0 radical (unpaired) electrons. The minimum atomic E-state index is -0.206. The van der Waals surface area contributed by atoms with Gasteiger partial charge in [0.05, 0.1) is 12.5 Å². The van der Waals surface area contributed by atoms with E-state index >= 15 is 0 Å². The third-order valence-corrected chi connectivity index (χ3v) is 2.58. The van der Waals surface area contributed by atoms with Crippen molar-refractivity contribution in [3.05, 3.63) is 23.8 Å². The first-order chi connectivity index (χ1) is 8.16. The van der Waals surface area contributed by atoms with Crippen molar-refractivity contribution in [1.29, 1.82) is 0 Å². The molecule has 1 aromatic rings. The lowest BCUT2D eigenvalue weighted by Gasteiger charge is -2.07. The largest absolute Gasteiger partial charge is 0.508 e. The predicted octanol–water partition coefficient (Wildman–Crippen LogP) is 2.23. The number of cyclic esters (lactones) is 1. The maximum absolute atomic E-state index is 11.2. The maximum Gasteiger partial charge on any atom is 0.309 e. The smallest absolute Gasteiger partial charge is 0.309 e. The van der Waals surface area contributed by atoms with E-state index in [0.717, 1.165) is 0 Å². The number of ether oxygens (including phenoxy) is 1. The van der Waals surface area contributed by atoms with Crippen molar-refractivity contribution in [3.8, 4) is 11.5 Å². The molecule has 0 aliphatic carbocycles. The van der Waals surface area contributed by atoms with Gasteiger partial charge in [-0.05, 0) is 24.5 Å². The van der Waals surface area contributed by atoms with Crippen molar-refractivity contribution >= 4 is 5.97 Å². The molecule has 4 heteroatoms. The fraction of sp³-hybridized carbons (Fsp3) is 0.462. The Kier molecular flexibility index (Phi) is 4.82. The molecule has 2 rings (SSSR count). The lowest BCUT2D eigenvalue weighted by molar-refractivity contribution is -0.141. The van der Waals surface area contributed by atoms with Gasteiger partial charge in [-0.2, -0.15) is 0 Å². The molecular formula is C13H18O4. The summed E-state index contributed by atoms with van der Waals surface area (Å²) < 4.78 is 4.83. The highest BCUT2D eigenvalue weighted by Gasteiger charge is 2.27. The Morgan fingerprint density at radius 1 is 1.35 bits per heavy atom. The van der Waals surface area contributed by atoms with Crippen LogP contribution in [0.4, 0.5) is 0 Å². The number of phenolic OH excluding ortho intramolecular Hbond substituents is 2. The van der Waals surface area contributed by atoms with Crippen LogP contribution in [0.1, 0.15) is 25.8 Å². The Morgan fingerprint density at radius 2 is 2.06 bits per heavy atom. The second-order valence-electron chi connectivity index (χ2n) is 3.67. The van der Waals surface area contributed by atoms with Crippen LogP contribution in [-0.2, 0) is 16.0 Å². The monoisotopic (exact) mass is 238 g/mol. The van der Waals surface area contributed by atoms with Crippen molar-refractivity contribution in [3.63, 3.8) is 0 Å². The van der Waals surface area contributed by atoms with Gasteiger partial charge < -0.3 is 14.9 Å². The number of aromatic hydroxyl groups is 2. The van der Waals surface area contributed by atoms with Crippen molar-refractivity contribution in [1.82, 2.24) is 0 Å². The number of phenols is 2. The first-order valence-electron chi connectivity index (χ1n) is 5.84. The van der Waals surface area contributed by atoms with Gasteiger partial charge in [0.25, 0.3) is 0 Å². The molecule has 1 aromatic carbocycles. The fourth-order valence-electron chi connectivity index (χ4n) is 1.71. The van der Waals surface area contributed by atoms with Gasteiger partial charge in [-0.3, -0.25) is 4.79 Å². The number of esters is 1. The third-order valence-electron chi connectivity index (χ3n) is 2.58.